The van der Waals surface area contributed by atoms with Gasteiger partial charge in [0.25, 0.3) is 16.0 Å². The van der Waals surface area contributed by atoms with Crippen LogP contribution in [0.2, 0.25) is 0 Å². The second kappa shape index (κ2) is 11.7. The Morgan fingerprint density at radius 1 is 1.23 bits per heavy atom. The van der Waals surface area contributed by atoms with Crippen LogP contribution in [0.1, 0.15) is 29.0 Å². The summed E-state index contributed by atoms with van der Waals surface area (Å²) in [5.41, 5.74) is 4.10. The van der Waals surface area contributed by atoms with Crippen LogP contribution in [-0.2, 0) is 25.6 Å². The number of anilines is 2. The molecule has 212 valence electrons. The van der Waals surface area contributed by atoms with Crippen molar-refractivity contribution in [3.05, 3.63) is 54.3 Å². The Balaban J connectivity index is 1.40. The number of nitrogens with zero attached hydrogens (tertiary/aromatic N) is 5. The number of ether oxygens (including phenoxy) is 1. The molecule has 0 aliphatic carbocycles. The van der Waals surface area contributed by atoms with Gasteiger partial charge in [-0.3, -0.25) is 18.6 Å². The zero-order valence-electron chi connectivity index (χ0n) is 22.7. The summed E-state index contributed by atoms with van der Waals surface area (Å²) in [6, 6.07) is 7.55. The normalized spacial score (nSPS) is 14.6. The molecule has 1 aliphatic rings. The first-order valence-electron chi connectivity index (χ1n) is 13.0. The predicted octanol–water partition coefficient (Wildman–Crippen LogP) is 3.49. The topological polar surface area (TPSA) is 142 Å². The number of carbonyl (C=O) groups excluding carboxylic acids is 1. The van der Waals surface area contributed by atoms with Gasteiger partial charge in [0.2, 0.25) is 5.89 Å². The first kappa shape index (κ1) is 27.7. The van der Waals surface area contributed by atoms with Crippen molar-refractivity contribution in [3.8, 4) is 11.5 Å². The Morgan fingerprint density at radius 2 is 2.02 bits per heavy atom. The highest BCUT2D eigenvalue weighted by molar-refractivity contribution is 7.85. The van der Waals surface area contributed by atoms with Gasteiger partial charge >= 0.3 is 0 Å². The first-order chi connectivity index (χ1) is 19.2. The van der Waals surface area contributed by atoms with Gasteiger partial charge in [-0.25, -0.2) is 4.98 Å². The molecule has 0 spiro atoms. The van der Waals surface area contributed by atoms with Gasteiger partial charge in [0, 0.05) is 43.0 Å². The fourth-order valence-electron chi connectivity index (χ4n) is 4.77. The second-order valence-corrected chi connectivity index (χ2v) is 11.5. The number of piperidine rings is 1. The maximum absolute atomic E-state index is 13.3. The zero-order chi connectivity index (χ0) is 28.3. The van der Waals surface area contributed by atoms with Crippen LogP contribution < -0.4 is 10.2 Å². The Hall–Kier alpha value is -3.81. The number of pyridine rings is 1. The summed E-state index contributed by atoms with van der Waals surface area (Å²) >= 11 is 0. The molecular formula is C27H32N6O6S. The van der Waals surface area contributed by atoms with Crippen molar-refractivity contribution in [3.63, 3.8) is 0 Å². The Bertz CT molecular complexity index is 1610. The van der Waals surface area contributed by atoms with E-state index in [0.717, 1.165) is 46.9 Å². The van der Waals surface area contributed by atoms with Crippen LogP contribution in [0.5, 0.6) is 0 Å². The van der Waals surface area contributed by atoms with Crippen LogP contribution >= 0.6 is 0 Å². The molecular weight excluding hydrogens is 536 g/mol. The molecule has 0 radical (unpaired) electrons. The highest BCUT2D eigenvalue weighted by atomic mass is 32.2. The molecule has 1 aromatic carbocycles. The first-order valence-corrected chi connectivity index (χ1v) is 14.8. The number of nitrogens with one attached hydrogen (secondary N) is 1. The summed E-state index contributed by atoms with van der Waals surface area (Å²) in [4.78, 5) is 24.1. The predicted molar refractivity (Wildman–Crippen MR) is 150 cm³/mol. The fraction of sp³-hybridized carbons (Fsp3) is 0.407. The van der Waals surface area contributed by atoms with E-state index in [1.54, 1.807) is 25.6 Å². The van der Waals surface area contributed by atoms with Crippen LogP contribution in [-0.4, -0.2) is 73.7 Å². The van der Waals surface area contributed by atoms with Crippen LogP contribution in [0.4, 0.5) is 11.4 Å². The number of amides is 1. The summed E-state index contributed by atoms with van der Waals surface area (Å²) in [5, 5.41) is 8.40. The third-order valence-electron chi connectivity index (χ3n) is 6.87. The summed E-state index contributed by atoms with van der Waals surface area (Å²) in [6.07, 6.45) is 7.34. The summed E-state index contributed by atoms with van der Waals surface area (Å²) in [7, 11) is -1.84. The fourth-order valence-corrected chi connectivity index (χ4v) is 5.21. The minimum Gasteiger partial charge on any atom is -0.444 e. The number of methoxy groups -OCH3 is 1. The van der Waals surface area contributed by atoms with Crippen molar-refractivity contribution in [1.82, 2.24) is 19.7 Å². The van der Waals surface area contributed by atoms with Gasteiger partial charge in [-0.2, -0.15) is 13.5 Å². The van der Waals surface area contributed by atoms with Crippen molar-refractivity contribution in [2.24, 2.45) is 5.92 Å². The van der Waals surface area contributed by atoms with Crippen LogP contribution in [0.3, 0.4) is 0 Å². The number of hydrogen-bond donors (Lipinski definition) is 1. The van der Waals surface area contributed by atoms with Gasteiger partial charge < -0.3 is 19.4 Å². The van der Waals surface area contributed by atoms with Crippen molar-refractivity contribution in [2.45, 2.75) is 26.3 Å². The molecule has 1 amide bonds. The molecule has 1 aliphatic heterocycles. The van der Waals surface area contributed by atoms with E-state index in [0.29, 0.717) is 37.8 Å². The van der Waals surface area contributed by atoms with Crippen LogP contribution in [0.15, 0.2) is 47.3 Å². The van der Waals surface area contributed by atoms with Crippen molar-refractivity contribution in [2.75, 3.05) is 49.9 Å². The number of aromatic nitrogens is 4. The molecule has 0 bridgehead atoms. The smallest absolute Gasteiger partial charge is 0.277 e. The van der Waals surface area contributed by atoms with Gasteiger partial charge in [0.1, 0.15) is 6.26 Å². The summed E-state index contributed by atoms with van der Waals surface area (Å²) < 4.78 is 40.6. The number of hydrogen-bond acceptors (Lipinski definition) is 10. The standard InChI is InChI=1S/C27H32N6O6S/c1-18-12-20(4-7-28-18)27-31-23(17-38-27)26(34)30-22-13-21-15-29-33(10-11-37-2)24(21)14-25(22)32-8-5-19(6-9-32)16-39-40(3,35)36/h4,7,12-15,17,19H,5-6,8-11,16H2,1-3H3,(H,30,34). The molecule has 1 N–H and O–H groups in total. The Labute approximate surface area is 232 Å². The monoisotopic (exact) mass is 568 g/mol. The van der Waals surface area contributed by atoms with E-state index in [1.165, 1.54) is 6.26 Å². The van der Waals surface area contributed by atoms with Gasteiger partial charge in [0.15, 0.2) is 5.69 Å². The lowest BCUT2D eigenvalue weighted by atomic mass is 9.97. The van der Waals surface area contributed by atoms with Gasteiger partial charge in [0.05, 0.1) is 49.1 Å². The summed E-state index contributed by atoms with van der Waals surface area (Å²) in [5.74, 6) is 0.0686. The van der Waals surface area contributed by atoms with E-state index >= 15 is 0 Å². The average molecular weight is 569 g/mol. The lowest BCUT2D eigenvalue weighted by Gasteiger charge is -2.34. The van der Waals surface area contributed by atoms with E-state index in [9.17, 15) is 13.2 Å². The van der Waals surface area contributed by atoms with Crippen molar-refractivity contribution in [1.29, 1.82) is 0 Å². The molecule has 40 heavy (non-hydrogen) atoms. The molecule has 5 rings (SSSR count). The van der Waals surface area contributed by atoms with E-state index in [1.807, 2.05) is 29.8 Å². The van der Waals surface area contributed by atoms with Crippen molar-refractivity contribution < 1.29 is 26.5 Å². The number of rotatable bonds is 10. The minimum atomic E-state index is -3.48. The van der Waals surface area contributed by atoms with Gasteiger partial charge in [-0.1, -0.05) is 0 Å². The lowest BCUT2D eigenvalue weighted by molar-refractivity contribution is 0.102. The van der Waals surface area contributed by atoms with E-state index < -0.39 is 16.0 Å². The quantitative estimate of drug-likeness (QED) is 0.283. The zero-order valence-corrected chi connectivity index (χ0v) is 23.5. The van der Waals surface area contributed by atoms with Crippen molar-refractivity contribution >= 4 is 38.3 Å². The second-order valence-electron chi connectivity index (χ2n) is 9.89. The van der Waals surface area contributed by atoms with E-state index in [-0.39, 0.29) is 18.2 Å². The summed E-state index contributed by atoms with van der Waals surface area (Å²) in [6.45, 7) is 4.50. The highest BCUT2D eigenvalue weighted by Crippen LogP contribution is 2.35. The van der Waals surface area contributed by atoms with Gasteiger partial charge in [-0.15, -0.1) is 0 Å². The Kier molecular flexibility index (Phi) is 8.14. The highest BCUT2D eigenvalue weighted by Gasteiger charge is 2.25. The number of oxazole rings is 1. The van der Waals surface area contributed by atoms with Crippen LogP contribution in [0, 0.1) is 12.8 Å². The molecule has 0 atom stereocenters. The molecule has 0 unspecified atom stereocenters. The van der Waals surface area contributed by atoms with Gasteiger partial charge in [-0.05, 0) is 49.9 Å². The SMILES string of the molecule is COCCn1ncc2cc(NC(=O)c3coc(-c4ccnc(C)c4)n3)c(N3CCC(COS(C)(=O)=O)CC3)cc21. The maximum atomic E-state index is 13.3. The lowest BCUT2D eigenvalue weighted by Crippen LogP contribution is -2.36. The minimum absolute atomic E-state index is 0.130. The number of aryl methyl sites for hydroxylation is 1. The molecule has 0 saturated carbocycles. The molecule has 12 nitrogen and oxygen atoms in total. The van der Waals surface area contributed by atoms with E-state index in [2.05, 4.69) is 25.3 Å². The average Bonchev–Trinajstić information content (AvgIpc) is 3.58. The Morgan fingerprint density at radius 3 is 2.75 bits per heavy atom. The number of benzene rings is 1. The number of fused-ring (bicyclic) bond motifs is 1. The third-order valence-corrected chi connectivity index (χ3v) is 7.43. The largest absolute Gasteiger partial charge is 0.444 e. The molecule has 3 aromatic heterocycles. The number of carbonyl (C=O) groups is 1. The van der Waals surface area contributed by atoms with E-state index in [4.69, 9.17) is 13.3 Å². The van der Waals surface area contributed by atoms with Crippen LogP contribution in [0.25, 0.3) is 22.4 Å². The molecule has 13 heteroatoms. The molecule has 4 aromatic rings. The molecule has 4 heterocycles. The maximum Gasteiger partial charge on any atom is 0.277 e. The molecule has 1 saturated heterocycles. The molecule has 1 fully saturated rings. The third kappa shape index (κ3) is 6.49.